The number of pyridine rings is 1. The van der Waals surface area contributed by atoms with Crippen molar-refractivity contribution in [1.29, 1.82) is 0 Å². The van der Waals surface area contributed by atoms with E-state index in [9.17, 15) is 18.3 Å². The van der Waals surface area contributed by atoms with E-state index in [1.807, 2.05) is 0 Å². The summed E-state index contributed by atoms with van der Waals surface area (Å²) in [4.78, 5) is 22.1. The number of rotatable bonds is 5. The third-order valence-electron chi connectivity index (χ3n) is 6.01. The number of nitrogens with one attached hydrogen (secondary N) is 1. The number of hydrogen-bond donors (Lipinski definition) is 2. The highest BCUT2D eigenvalue weighted by Crippen LogP contribution is 2.39. The lowest BCUT2D eigenvalue weighted by atomic mass is 9.99. The van der Waals surface area contributed by atoms with Crippen molar-refractivity contribution in [3.63, 3.8) is 0 Å². The van der Waals surface area contributed by atoms with E-state index < -0.39 is 27.2 Å². The molecule has 0 amide bonds. The second kappa shape index (κ2) is 8.26. The van der Waals surface area contributed by atoms with Crippen LogP contribution in [0.3, 0.4) is 0 Å². The predicted octanol–water partition coefficient (Wildman–Crippen LogP) is 2.24. The van der Waals surface area contributed by atoms with Crippen molar-refractivity contribution in [2.24, 2.45) is 0 Å². The zero-order valence-corrected chi connectivity index (χ0v) is 19.4. The normalized spacial score (nSPS) is 20.8. The van der Waals surface area contributed by atoms with Gasteiger partial charge in [-0.1, -0.05) is 18.1 Å². The highest BCUT2D eigenvalue weighted by atomic mass is 32.2. The summed E-state index contributed by atoms with van der Waals surface area (Å²) in [5.74, 6) is 2.52. The smallest absolute Gasteiger partial charge is 0.268 e. The first-order valence-electron chi connectivity index (χ1n) is 10.5. The summed E-state index contributed by atoms with van der Waals surface area (Å²) in [6.07, 6.45) is 8.99. The first-order chi connectivity index (χ1) is 15.6. The van der Waals surface area contributed by atoms with E-state index >= 15 is 0 Å². The minimum Gasteiger partial charge on any atom is -0.388 e. The molecule has 4 rings (SSSR count). The third-order valence-corrected chi connectivity index (χ3v) is 7.88. The number of hydrogen-bond acceptors (Lipinski definition) is 7. The Morgan fingerprint density at radius 3 is 2.70 bits per heavy atom. The molecule has 0 unspecified atom stereocenters. The quantitative estimate of drug-likeness (QED) is 0.553. The molecule has 0 bridgehead atoms. The summed E-state index contributed by atoms with van der Waals surface area (Å²) in [5.41, 5.74) is -0.715. The Kier molecular flexibility index (Phi) is 5.74. The summed E-state index contributed by atoms with van der Waals surface area (Å²) in [6, 6.07) is 7.48. The highest BCUT2D eigenvalue weighted by molar-refractivity contribution is 7.89. The fourth-order valence-electron chi connectivity index (χ4n) is 4.22. The van der Waals surface area contributed by atoms with Gasteiger partial charge in [0, 0.05) is 25.7 Å². The summed E-state index contributed by atoms with van der Waals surface area (Å²) < 4.78 is 28.0. The Labute approximate surface area is 192 Å². The molecule has 1 fully saturated rings. The molecule has 0 radical (unpaired) electrons. The SMILES string of the molecule is C#Cc1cc2cnc(Nc3ccccc3S(=O)(=O)N(C)C)nc2n([C@@H]2CCC[C@@]2(C)O)c1=O. The summed E-state index contributed by atoms with van der Waals surface area (Å²) >= 11 is 0. The van der Waals surface area contributed by atoms with Crippen LogP contribution in [-0.4, -0.2) is 52.1 Å². The van der Waals surface area contributed by atoms with E-state index in [0.717, 1.165) is 10.7 Å². The summed E-state index contributed by atoms with van der Waals surface area (Å²) in [7, 11) is -0.813. The second-order valence-electron chi connectivity index (χ2n) is 8.52. The molecule has 2 heterocycles. The number of terminal acetylenes is 1. The van der Waals surface area contributed by atoms with Gasteiger partial charge in [-0.2, -0.15) is 4.98 Å². The predicted molar refractivity (Wildman–Crippen MR) is 126 cm³/mol. The maximum absolute atomic E-state index is 13.2. The molecule has 1 aliphatic carbocycles. The number of para-hydroxylation sites is 1. The first kappa shape index (κ1) is 22.9. The van der Waals surface area contributed by atoms with Gasteiger partial charge in [-0.3, -0.25) is 9.36 Å². The first-order valence-corrected chi connectivity index (χ1v) is 11.9. The molecule has 3 aromatic rings. The Morgan fingerprint density at radius 2 is 2.06 bits per heavy atom. The van der Waals surface area contributed by atoms with Crippen LogP contribution in [0.5, 0.6) is 0 Å². The topological polar surface area (TPSA) is 117 Å². The average molecular weight is 468 g/mol. The van der Waals surface area contributed by atoms with Crippen molar-refractivity contribution >= 4 is 32.7 Å². The van der Waals surface area contributed by atoms with Crippen molar-refractivity contribution in [3.05, 3.63) is 52.4 Å². The Hall–Kier alpha value is -3.26. The van der Waals surface area contributed by atoms with Crippen LogP contribution in [0.25, 0.3) is 11.0 Å². The lowest BCUT2D eigenvalue weighted by molar-refractivity contribution is 0.0266. The number of aromatic nitrogens is 3. The van der Waals surface area contributed by atoms with E-state index in [0.29, 0.717) is 29.6 Å². The van der Waals surface area contributed by atoms with Gasteiger partial charge in [0.15, 0.2) is 0 Å². The Morgan fingerprint density at radius 1 is 1.33 bits per heavy atom. The fraction of sp³-hybridized carbons (Fsp3) is 0.348. The van der Waals surface area contributed by atoms with Gasteiger partial charge >= 0.3 is 0 Å². The fourth-order valence-corrected chi connectivity index (χ4v) is 5.26. The van der Waals surface area contributed by atoms with Crippen LogP contribution in [0.15, 0.2) is 46.2 Å². The maximum Gasteiger partial charge on any atom is 0.268 e. The molecule has 2 aromatic heterocycles. The van der Waals surface area contributed by atoms with Crippen LogP contribution in [0.1, 0.15) is 37.8 Å². The zero-order chi connectivity index (χ0) is 24.0. The van der Waals surface area contributed by atoms with Gasteiger partial charge in [0.1, 0.15) is 10.5 Å². The van der Waals surface area contributed by atoms with Crippen LogP contribution in [-0.2, 0) is 10.0 Å². The third kappa shape index (κ3) is 3.99. The maximum atomic E-state index is 13.2. The molecular formula is C23H25N5O4S. The summed E-state index contributed by atoms with van der Waals surface area (Å²) in [6.45, 7) is 1.70. The van der Waals surface area contributed by atoms with Crippen molar-refractivity contribution in [2.45, 2.75) is 42.7 Å². The largest absolute Gasteiger partial charge is 0.388 e. The number of benzene rings is 1. The van der Waals surface area contributed by atoms with Crippen LogP contribution < -0.4 is 10.9 Å². The zero-order valence-electron chi connectivity index (χ0n) is 18.6. The van der Waals surface area contributed by atoms with Gasteiger partial charge < -0.3 is 10.4 Å². The molecular weight excluding hydrogens is 442 g/mol. The number of anilines is 2. The van der Waals surface area contributed by atoms with Crippen molar-refractivity contribution in [1.82, 2.24) is 18.8 Å². The molecule has 9 nitrogen and oxygen atoms in total. The molecule has 1 aliphatic rings. The van der Waals surface area contributed by atoms with Crippen LogP contribution >= 0.6 is 0 Å². The van der Waals surface area contributed by atoms with Gasteiger partial charge in [-0.05, 0) is 44.4 Å². The summed E-state index contributed by atoms with van der Waals surface area (Å²) in [5, 5.41) is 14.4. The molecule has 1 saturated carbocycles. The van der Waals surface area contributed by atoms with Gasteiger partial charge in [0.2, 0.25) is 16.0 Å². The minimum absolute atomic E-state index is 0.0671. The lowest BCUT2D eigenvalue weighted by Gasteiger charge is -2.28. The van der Waals surface area contributed by atoms with E-state index in [1.165, 1.54) is 30.9 Å². The van der Waals surface area contributed by atoms with Crippen LogP contribution in [0.2, 0.25) is 0 Å². The molecule has 1 aromatic carbocycles. The Balaban J connectivity index is 1.88. The number of fused-ring (bicyclic) bond motifs is 1. The Bertz CT molecular complexity index is 1440. The van der Waals surface area contributed by atoms with Gasteiger partial charge in [-0.25, -0.2) is 17.7 Å². The number of aliphatic hydroxyl groups is 1. The van der Waals surface area contributed by atoms with E-state index in [2.05, 4.69) is 21.2 Å². The van der Waals surface area contributed by atoms with Gasteiger partial charge in [-0.15, -0.1) is 6.42 Å². The van der Waals surface area contributed by atoms with E-state index in [-0.39, 0.29) is 16.4 Å². The molecule has 33 heavy (non-hydrogen) atoms. The van der Waals surface area contributed by atoms with E-state index in [1.54, 1.807) is 31.2 Å². The van der Waals surface area contributed by atoms with Crippen molar-refractivity contribution < 1.29 is 13.5 Å². The number of nitrogens with zero attached hydrogens (tertiary/aromatic N) is 4. The molecule has 0 aliphatic heterocycles. The standard InChI is InChI=1S/C23H25N5O4S/c1-5-15-13-16-14-24-22(25-17-9-6-7-10-18(17)33(31,32)27(3)4)26-20(16)28(21(15)29)19-11-8-12-23(19,2)30/h1,6-7,9-10,13-14,19,30H,8,11-12H2,2-4H3,(H,24,25,26)/t19-,23-/m1/s1. The lowest BCUT2D eigenvalue weighted by Crippen LogP contribution is -2.38. The molecule has 0 saturated heterocycles. The molecule has 172 valence electrons. The molecule has 2 N–H and O–H groups in total. The monoisotopic (exact) mass is 467 g/mol. The van der Waals surface area contributed by atoms with Gasteiger partial charge in [0.05, 0.1) is 22.9 Å². The average Bonchev–Trinajstić information content (AvgIpc) is 3.12. The minimum atomic E-state index is -3.72. The van der Waals surface area contributed by atoms with Crippen LogP contribution in [0.4, 0.5) is 11.6 Å². The van der Waals surface area contributed by atoms with Crippen LogP contribution in [0, 0.1) is 12.3 Å². The van der Waals surface area contributed by atoms with Crippen molar-refractivity contribution in [2.75, 3.05) is 19.4 Å². The number of sulfonamides is 1. The van der Waals surface area contributed by atoms with Crippen molar-refractivity contribution in [3.8, 4) is 12.3 Å². The van der Waals surface area contributed by atoms with E-state index in [4.69, 9.17) is 6.42 Å². The molecule has 10 heteroatoms. The molecule has 2 atom stereocenters. The second-order valence-corrected chi connectivity index (χ2v) is 10.6. The highest BCUT2D eigenvalue weighted by Gasteiger charge is 2.39. The van der Waals surface area contributed by atoms with Gasteiger partial charge in [0.25, 0.3) is 5.56 Å². The molecule has 0 spiro atoms.